The van der Waals surface area contributed by atoms with Crippen molar-refractivity contribution in [3.05, 3.63) is 108 Å². The molecule has 37 heavy (non-hydrogen) atoms. The Morgan fingerprint density at radius 3 is 2.30 bits per heavy atom. The number of nitrogens with one attached hydrogen (secondary N) is 1. The molecule has 0 unspecified atom stereocenters. The first kappa shape index (κ1) is 25.9. The number of aromatic nitrogens is 3. The molecule has 8 heteroatoms. The fourth-order valence-electron chi connectivity index (χ4n) is 4.13. The van der Waals surface area contributed by atoms with E-state index in [0.717, 1.165) is 33.6 Å². The van der Waals surface area contributed by atoms with Gasteiger partial charge in [0.1, 0.15) is 18.1 Å². The number of carbonyl (C=O) groups excluding carboxylic acids is 1. The molecule has 0 saturated heterocycles. The van der Waals surface area contributed by atoms with E-state index in [9.17, 15) is 9.18 Å². The minimum atomic E-state index is -0.247. The summed E-state index contributed by atoms with van der Waals surface area (Å²) in [6, 6.07) is 21.9. The van der Waals surface area contributed by atoms with Gasteiger partial charge in [0, 0.05) is 24.5 Å². The highest BCUT2D eigenvalue weighted by molar-refractivity contribution is 5.92. The highest BCUT2D eigenvalue weighted by Gasteiger charge is 2.16. The van der Waals surface area contributed by atoms with Crippen LogP contribution in [0.3, 0.4) is 0 Å². The topological polar surface area (TPSA) is 68.5 Å². The Labute approximate surface area is 220 Å². The van der Waals surface area contributed by atoms with Crippen LogP contribution >= 0.6 is 12.4 Å². The number of pyridine rings is 2. The molecule has 0 aliphatic heterocycles. The van der Waals surface area contributed by atoms with Gasteiger partial charge < -0.3 is 10.1 Å². The van der Waals surface area contributed by atoms with Crippen LogP contribution in [-0.4, -0.2) is 26.8 Å². The van der Waals surface area contributed by atoms with Crippen molar-refractivity contribution in [1.29, 1.82) is 0 Å². The minimum absolute atomic E-state index is 0. The van der Waals surface area contributed by atoms with Crippen LogP contribution in [0.4, 0.5) is 4.39 Å². The van der Waals surface area contributed by atoms with E-state index in [1.807, 2.05) is 66.9 Å². The second kappa shape index (κ2) is 11.2. The van der Waals surface area contributed by atoms with E-state index in [-0.39, 0.29) is 24.1 Å². The molecule has 0 aliphatic rings. The van der Waals surface area contributed by atoms with Gasteiger partial charge in [-0.15, -0.1) is 12.4 Å². The zero-order valence-corrected chi connectivity index (χ0v) is 21.3. The second-order valence-electron chi connectivity index (χ2n) is 8.40. The fraction of sp³-hybridized carbons (Fsp3) is 0.138. The lowest BCUT2D eigenvalue weighted by molar-refractivity contribution is 0.0951. The van der Waals surface area contributed by atoms with Crippen molar-refractivity contribution in [2.24, 2.45) is 0 Å². The Hall–Kier alpha value is -4.23. The van der Waals surface area contributed by atoms with Crippen molar-refractivity contribution in [2.75, 3.05) is 6.54 Å². The van der Waals surface area contributed by atoms with Crippen molar-refractivity contribution < 1.29 is 13.9 Å². The summed E-state index contributed by atoms with van der Waals surface area (Å²) in [5.41, 5.74) is 6.67. The van der Waals surface area contributed by atoms with Gasteiger partial charge in [-0.25, -0.2) is 9.37 Å². The van der Waals surface area contributed by atoms with Crippen LogP contribution in [0, 0.1) is 12.7 Å². The number of benzene rings is 2. The first-order chi connectivity index (χ1) is 17.5. The third kappa shape index (κ3) is 5.47. The van der Waals surface area contributed by atoms with E-state index in [1.165, 1.54) is 12.1 Å². The Morgan fingerprint density at radius 1 is 0.973 bits per heavy atom. The van der Waals surface area contributed by atoms with Gasteiger partial charge in [0.25, 0.3) is 5.91 Å². The zero-order valence-electron chi connectivity index (χ0n) is 20.4. The third-order valence-corrected chi connectivity index (χ3v) is 5.92. The summed E-state index contributed by atoms with van der Waals surface area (Å²) >= 11 is 0. The Morgan fingerprint density at radius 2 is 1.65 bits per heavy atom. The number of aryl methyl sites for hydroxylation is 1. The maximum atomic E-state index is 13.2. The van der Waals surface area contributed by atoms with Crippen LogP contribution in [0.2, 0.25) is 0 Å². The number of nitrogens with zero attached hydrogens (tertiary/aromatic N) is 3. The van der Waals surface area contributed by atoms with Gasteiger partial charge in [-0.2, -0.15) is 0 Å². The predicted molar refractivity (Wildman–Crippen MR) is 145 cm³/mol. The van der Waals surface area contributed by atoms with Crippen LogP contribution in [0.1, 0.15) is 28.7 Å². The standard InChI is InChI=1S/C29H25FN4O2.ClH/c1-3-31-29(35)25-15-12-23(17-32-25)27-19(2)33-28-26(5-4-16-34(27)28)36-18-20-6-8-21(9-7-20)22-10-13-24(30)14-11-22;/h4-17H,3,18H2,1-2H3,(H,31,35);1H. The zero-order chi connectivity index (χ0) is 25.1. The van der Waals surface area contributed by atoms with Crippen LogP contribution < -0.4 is 10.1 Å². The number of carbonyl (C=O) groups is 1. The number of hydrogen-bond acceptors (Lipinski definition) is 4. The molecule has 0 aliphatic carbocycles. The lowest BCUT2D eigenvalue weighted by Gasteiger charge is -2.10. The first-order valence-electron chi connectivity index (χ1n) is 11.7. The summed E-state index contributed by atoms with van der Waals surface area (Å²) < 4.78 is 21.3. The van der Waals surface area contributed by atoms with Gasteiger partial charge >= 0.3 is 0 Å². The average molecular weight is 517 g/mol. The second-order valence-corrected chi connectivity index (χ2v) is 8.40. The lowest BCUT2D eigenvalue weighted by atomic mass is 10.0. The van der Waals surface area contributed by atoms with E-state index in [2.05, 4.69) is 10.3 Å². The average Bonchev–Trinajstić information content (AvgIpc) is 3.25. The summed E-state index contributed by atoms with van der Waals surface area (Å²) in [6.45, 7) is 4.75. The highest BCUT2D eigenvalue weighted by Crippen LogP contribution is 2.29. The molecule has 188 valence electrons. The summed E-state index contributed by atoms with van der Waals surface area (Å²) in [5, 5.41) is 2.76. The van der Waals surface area contributed by atoms with Gasteiger partial charge in [-0.05, 0) is 66.9 Å². The molecule has 0 saturated carbocycles. The van der Waals surface area contributed by atoms with Gasteiger partial charge in [0.05, 0.1) is 11.4 Å². The number of halogens is 2. The van der Waals surface area contributed by atoms with E-state index in [1.54, 1.807) is 24.4 Å². The van der Waals surface area contributed by atoms with E-state index in [0.29, 0.717) is 30.2 Å². The monoisotopic (exact) mass is 516 g/mol. The highest BCUT2D eigenvalue weighted by atomic mass is 35.5. The van der Waals surface area contributed by atoms with Crippen LogP contribution in [0.15, 0.2) is 85.2 Å². The van der Waals surface area contributed by atoms with Crippen LogP contribution in [0.25, 0.3) is 28.0 Å². The van der Waals surface area contributed by atoms with Crippen LogP contribution in [0.5, 0.6) is 5.75 Å². The molecule has 1 amide bonds. The first-order valence-corrected chi connectivity index (χ1v) is 11.7. The molecule has 5 rings (SSSR count). The molecule has 0 bridgehead atoms. The van der Waals surface area contributed by atoms with Crippen molar-refractivity contribution in [2.45, 2.75) is 20.5 Å². The Bertz CT molecular complexity index is 1520. The van der Waals surface area contributed by atoms with Crippen molar-refractivity contribution in [1.82, 2.24) is 19.7 Å². The number of rotatable bonds is 7. The third-order valence-electron chi connectivity index (χ3n) is 5.92. The normalized spacial score (nSPS) is 10.7. The fourth-order valence-corrected chi connectivity index (χ4v) is 4.13. The van der Waals surface area contributed by atoms with Crippen LogP contribution in [-0.2, 0) is 6.61 Å². The number of fused-ring (bicyclic) bond motifs is 1. The number of hydrogen-bond donors (Lipinski definition) is 1. The smallest absolute Gasteiger partial charge is 0.269 e. The Kier molecular flexibility index (Phi) is 7.84. The summed E-state index contributed by atoms with van der Waals surface area (Å²) in [4.78, 5) is 21.1. The number of ether oxygens (including phenoxy) is 1. The molecule has 3 aromatic heterocycles. The molecule has 0 fully saturated rings. The molecule has 6 nitrogen and oxygen atoms in total. The molecule has 0 spiro atoms. The summed E-state index contributed by atoms with van der Waals surface area (Å²) in [7, 11) is 0. The molecule has 1 N–H and O–H groups in total. The summed E-state index contributed by atoms with van der Waals surface area (Å²) in [6.07, 6.45) is 3.63. The SMILES string of the molecule is CCNC(=O)c1ccc(-c2c(C)nc3c(OCc4ccc(-c5ccc(F)cc5)cc4)cccn23)cn1.Cl. The maximum Gasteiger partial charge on any atom is 0.269 e. The molecular weight excluding hydrogens is 491 g/mol. The van der Waals surface area contributed by atoms with Crippen molar-refractivity contribution in [3.8, 4) is 28.1 Å². The van der Waals surface area contributed by atoms with E-state index < -0.39 is 0 Å². The predicted octanol–water partition coefficient (Wildman–Crippen LogP) is 6.26. The molecule has 0 atom stereocenters. The number of imidazole rings is 1. The number of amides is 1. The van der Waals surface area contributed by atoms with E-state index in [4.69, 9.17) is 9.72 Å². The van der Waals surface area contributed by atoms with Crippen molar-refractivity contribution in [3.63, 3.8) is 0 Å². The van der Waals surface area contributed by atoms with Crippen molar-refractivity contribution >= 4 is 24.0 Å². The molecule has 5 aromatic rings. The van der Waals surface area contributed by atoms with Gasteiger partial charge in [-0.1, -0.05) is 36.4 Å². The maximum absolute atomic E-state index is 13.2. The minimum Gasteiger partial charge on any atom is -0.485 e. The Balaban J connectivity index is 0.00000320. The van der Waals surface area contributed by atoms with Gasteiger partial charge in [-0.3, -0.25) is 14.2 Å². The largest absolute Gasteiger partial charge is 0.485 e. The van der Waals surface area contributed by atoms with Gasteiger partial charge in [0.15, 0.2) is 11.4 Å². The summed E-state index contributed by atoms with van der Waals surface area (Å²) in [5.74, 6) is 0.227. The molecule has 3 heterocycles. The van der Waals surface area contributed by atoms with Gasteiger partial charge in [0.2, 0.25) is 0 Å². The lowest BCUT2D eigenvalue weighted by Crippen LogP contribution is -2.23. The molecule has 2 aromatic carbocycles. The molecular formula is C29H26ClFN4O2. The molecule has 0 radical (unpaired) electrons. The van der Waals surface area contributed by atoms with E-state index >= 15 is 0 Å². The quantitative estimate of drug-likeness (QED) is 0.277.